The van der Waals surface area contributed by atoms with Crippen LogP contribution >= 0.6 is 50.7 Å². The van der Waals surface area contributed by atoms with E-state index in [4.69, 9.17) is 34.8 Å². The normalized spacial score (nSPS) is 17.4. The zero-order valence-electron chi connectivity index (χ0n) is 21.3. The lowest BCUT2D eigenvalue weighted by Gasteiger charge is -2.15. The van der Waals surface area contributed by atoms with Crippen molar-refractivity contribution < 1.29 is 53.9 Å². The van der Waals surface area contributed by atoms with Crippen molar-refractivity contribution >= 4 is 85.5 Å². The molecule has 1 fully saturated rings. The van der Waals surface area contributed by atoms with E-state index in [9.17, 15) is 53.9 Å². The van der Waals surface area contributed by atoms with Crippen molar-refractivity contribution in [2.75, 3.05) is 16.0 Å². The van der Waals surface area contributed by atoms with E-state index in [1.807, 2.05) is 0 Å². The first-order valence-electron chi connectivity index (χ1n) is 11.9. The topological polar surface area (TPSA) is 87.3 Å². The minimum Gasteiger partial charge on any atom is -0.326 e. The molecule has 0 unspecified atom stereocenters. The molecule has 0 saturated heterocycles. The summed E-state index contributed by atoms with van der Waals surface area (Å²) in [7, 11) is 0. The largest absolute Gasteiger partial charge is 0.419 e. The standard InChI is InChI=1S/C26H12BrCl3F9N3O3/c27-25(35,36)23(45)41-15-4-3-13(32)20(19(15)34)42-21(43)10-6-9(7-14(33)18(10)28)40-22(44)17-16(24(17,29)30)8-1-2-12(31)11(5-8)26(37,38)39/h1-7,16-17H,(H,40,44)(H,41,45)(H,42,43)/t16-,17+/m0/s1. The van der Waals surface area contributed by atoms with E-state index in [1.165, 1.54) is 5.32 Å². The summed E-state index contributed by atoms with van der Waals surface area (Å²) in [6.45, 7) is 0. The number of benzene rings is 3. The van der Waals surface area contributed by atoms with Crippen molar-refractivity contribution in [1.29, 1.82) is 0 Å². The lowest BCUT2D eigenvalue weighted by atomic mass is 10.0. The van der Waals surface area contributed by atoms with E-state index in [0.717, 1.165) is 12.1 Å². The van der Waals surface area contributed by atoms with Crippen molar-refractivity contribution in [2.24, 2.45) is 5.92 Å². The number of amides is 3. The van der Waals surface area contributed by atoms with Gasteiger partial charge in [0, 0.05) is 27.5 Å². The summed E-state index contributed by atoms with van der Waals surface area (Å²) in [4.78, 5) is 33.2. The zero-order chi connectivity index (χ0) is 33.8. The van der Waals surface area contributed by atoms with Crippen LogP contribution in [0.25, 0.3) is 0 Å². The van der Waals surface area contributed by atoms with Gasteiger partial charge in [0.25, 0.3) is 5.91 Å². The van der Waals surface area contributed by atoms with Gasteiger partial charge in [-0.15, -0.1) is 23.2 Å². The van der Waals surface area contributed by atoms with Crippen LogP contribution in [0.4, 0.5) is 56.6 Å². The van der Waals surface area contributed by atoms with Gasteiger partial charge in [0.15, 0.2) is 5.82 Å². The highest BCUT2D eigenvalue weighted by Gasteiger charge is 2.67. The Labute approximate surface area is 269 Å². The molecule has 1 saturated carbocycles. The number of hydrogen-bond acceptors (Lipinski definition) is 3. The molecule has 0 bridgehead atoms. The molecule has 240 valence electrons. The van der Waals surface area contributed by atoms with Gasteiger partial charge in [-0.3, -0.25) is 14.4 Å². The molecule has 6 nitrogen and oxygen atoms in total. The third kappa shape index (κ3) is 7.13. The van der Waals surface area contributed by atoms with E-state index in [0.29, 0.717) is 30.3 Å². The summed E-state index contributed by atoms with van der Waals surface area (Å²) in [5.74, 6) is -13.4. The zero-order valence-corrected chi connectivity index (χ0v) is 25.2. The summed E-state index contributed by atoms with van der Waals surface area (Å²) >= 11 is 19.9. The maximum Gasteiger partial charge on any atom is 0.419 e. The van der Waals surface area contributed by atoms with E-state index in [1.54, 1.807) is 21.2 Å². The van der Waals surface area contributed by atoms with Gasteiger partial charge in [-0.1, -0.05) is 17.7 Å². The molecule has 3 N–H and O–H groups in total. The number of carbonyl (C=O) groups excluding carboxylic acids is 3. The molecule has 0 heterocycles. The molecule has 0 aliphatic heterocycles. The molecule has 3 amide bonds. The predicted molar refractivity (Wildman–Crippen MR) is 149 cm³/mol. The van der Waals surface area contributed by atoms with Gasteiger partial charge in [0.2, 0.25) is 5.91 Å². The number of alkyl halides is 8. The maximum atomic E-state index is 14.8. The van der Waals surface area contributed by atoms with Crippen LogP contribution in [0.1, 0.15) is 27.4 Å². The van der Waals surface area contributed by atoms with Gasteiger partial charge in [0.05, 0.1) is 27.8 Å². The van der Waals surface area contributed by atoms with Crippen LogP contribution in [-0.2, 0) is 15.8 Å². The highest BCUT2D eigenvalue weighted by molar-refractivity contribution is 9.10. The van der Waals surface area contributed by atoms with Crippen molar-refractivity contribution in [1.82, 2.24) is 0 Å². The molecule has 2 atom stereocenters. The first-order valence-corrected chi connectivity index (χ1v) is 13.8. The summed E-state index contributed by atoms with van der Waals surface area (Å²) < 4.78 is 121. The van der Waals surface area contributed by atoms with Crippen LogP contribution < -0.4 is 16.0 Å². The molecule has 45 heavy (non-hydrogen) atoms. The molecule has 19 heteroatoms. The minimum absolute atomic E-state index is 0.237. The lowest BCUT2D eigenvalue weighted by molar-refractivity contribution is -0.140. The Kier molecular flexibility index (Phi) is 9.39. The van der Waals surface area contributed by atoms with Crippen LogP contribution in [0.5, 0.6) is 0 Å². The van der Waals surface area contributed by atoms with Gasteiger partial charge in [-0.2, -0.15) is 22.0 Å². The molecule has 0 radical (unpaired) electrons. The Balaban J connectivity index is 1.57. The SMILES string of the molecule is O=C(Nc1c(F)ccc(NC(=O)C(F)(F)Br)c1F)c1cc(NC(=O)[C@H]2[C@H](c3ccc(F)c(C(F)(F)F)c3)C2(Cl)Cl)cc(F)c1Cl. The van der Waals surface area contributed by atoms with Crippen LogP contribution in [0.2, 0.25) is 5.02 Å². The average molecular weight is 772 g/mol. The fourth-order valence-electron chi connectivity index (χ4n) is 4.21. The molecular formula is C26H12BrCl3F9N3O3. The van der Waals surface area contributed by atoms with Gasteiger partial charge < -0.3 is 16.0 Å². The Bertz CT molecular complexity index is 1740. The maximum absolute atomic E-state index is 14.8. The second-order valence-electron chi connectivity index (χ2n) is 9.37. The van der Waals surface area contributed by atoms with E-state index < -0.39 is 101 Å². The number of hydrogen-bond donors (Lipinski definition) is 3. The third-order valence-electron chi connectivity index (χ3n) is 6.37. The second-order valence-corrected chi connectivity index (χ2v) is 12.2. The van der Waals surface area contributed by atoms with E-state index in [2.05, 4.69) is 5.32 Å². The van der Waals surface area contributed by atoms with Crippen LogP contribution in [-0.4, -0.2) is 26.9 Å². The third-order valence-corrected chi connectivity index (χ3v) is 8.05. The highest BCUT2D eigenvalue weighted by atomic mass is 79.9. The first-order chi connectivity index (χ1) is 20.6. The van der Waals surface area contributed by atoms with Crippen LogP contribution in [0.15, 0.2) is 42.5 Å². The number of anilines is 3. The lowest BCUT2D eigenvalue weighted by Crippen LogP contribution is -2.29. The highest BCUT2D eigenvalue weighted by Crippen LogP contribution is 2.65. The van der Waals surface area contributed by atoms with Crippen molar-refractivity contribution in [3.63, 3.8) is 0 Å². The second kappa shape index (κ2) is 12.2. The summed E-state index contributed by atoms with van der Waals surface area (Å²) in [5, 5.41) is 4.46. The Hall–Kier alpha value is -3.21. The molecule has 0 aromatic heterocycles. The van der Waals surface area contributed by atoms with Crippen molar-refractivity contribution in [3.8, 4) is 0 Å². The number of nitrogens with one attached hydrogen (secondary N) is 3. The summed E-state index contributed by atoms with van der Waals surface area (Å²) in [5.41, 5.74) is -5.39. The molecule has 3 aromatic carbocycles. The smallest absolute Gasteiger partial charge is 0.326 e. The predicted octanol–water partition coefficient (Wildman–Crippen LogP) is 8.62. The number of carbonyl (C=O) groups is 3. The molecule has 4 rings (SSSR count). The summed E-state index contributed by atoms with van der Waals surface area (Å²) in [6, 6.07) is 4.35. The molecule has 1 aliphatic carbocycles. The van der Waals surface area contributed by atoms with Crippen LogP contribution in [0, 0.1) is 29.2 Å². The van der Waals surface area contributed by atoms with Gasteiger partial charge >= 0.3 is 16.9 Å². The molecular weight excluding hydrogens is 760 g/mol. The quantitative estimate of drug-likeness (QED) is 0.166. The fourth-order valence-corrected chi connectivity index (χ4v) is 5.33. The number of halogens is 13. The van der Waals surface area contributed by atoms with E-state index >= 15 is 0 Å². The Morgan fingerprint density at radius 1 is 0.822 bits per heavy atom. The van der Waals surface area contributed by atoms with Crippen molar-refractivity contribution in [3.05, 3.63) is 87.4 Å². The van der Waals surface area contributed by atoms with Gasteiger partial charge in [0.1, 0.15) is 27.5 Å². The molecule has 3 aromatic rings. The molecule has 0 spiro atoms. The summed E-state index contributed by atoms with van der Waals surface area (Å²) in [6.07, 6.45) is -5.07. The van der Waals surface area contributed by atoms with Crippen molar-refractivity contribution in [2.45, 2.75) is 21.3 Å². The van der Waals surface area contributed by atoms with Gasteiger partial charge in [-0.05, 0) is 42.0 Å². The molecule has 1 aliphatic rings. The Morgan fingerprint density at radius 3 is 2.04 bits per heavy atom. The Morgan fingerprint density at radius 2 is 1.44 bits per heavy atom. The van der Waals surface area contributed by atoms with Crippen LogP contribution in [0.3, 0.4) is 0 Å². The van der Waals surface area contributed by atoms with E-state index in [-0.39, 0.29) is 5.56 Å². The van der Waals surface area contributed by atoms with Gasteiger partial charge in [-0.25, -0.2) is 17.6 Å². The monoisotopic (exact) mass is 769 g/mol. The fraction of sp³-hybridized carbons (Fsp3) is 0.192. The first kappa shape index (κ1) is 34.7. The minimum atomic E-state index is -5.07. The average Bonchev–Trinajstić information content (AvgIpc) is 3.50. The number of rotatable bonds is 7.